The number of hydrogen-bond acceptors (Lipinski definition) is 2. The van der Waals surface area contributed by atoms with Crippen molar-refractivity contribution in [3.8, 4) is 5.75 Å². The van der Waals surface area contributed by atoms with Crippen molar-refractivity contribution in [3.63, 3.8) is 0 Å². The largest absolute Gasteiger partial charge is 0.491 e. The van der Waals surface area contributed by atoms with Crippen LogP contribution in [0.5, 0.6) is 5.75 Å². The van der Waals surface area contributed by atoms with Crippen molar-refractivity contribution in [2.75, 3.05) is 6.61 Å². The second kappa shape index (κ2) is 6.85. The minimum Gasteiger partial charge on any atom is -0.491 e. The van der Waals surface area contributed by atoms with E-state index < -0.39 is 6.10 Å². The summed E-state index contributed by atoms with van der Waals surface area (Å²) in [6.07, 6.45) is 2.90. The molecule has 0 amide bonds. The molecule has 1 rings (SSSR count). The number of halogens is 1. The van der Waals surface area contributed by atoms with E-state index in [2.05, 4.69) is 29.2 Å². The Bertz CT molecular complexity index is 312. The van der Waals surface area contributed by atoms with E-state index >= 15 is 0 Å². The number of aliphatic hydroxyl groups excluding tert-OH is 1. The molecule has 1 aromatic carbocycles. The second-order valence-electron chi connectivity index (χ2n) is 3.29. The lowest BCUT2D eigenvalue weighted by Crippen LogP contribution is -2.17. The van der Waals surface area contributed by atoms with Crippen molar-refractivity contribution < 1.29 is 9.84 Å². The molecule has 1 aromatic rings. The summed E-state index contributed by atoms with van der Waals surface area (Å²) in [7, 11) is 0. The van der Waals surface area contributed by atoms with Crippen molar-refractivity contribution in [2.45, 2.75) is 18.9 Å². The molecule has 0 aliphatic rings. The first-order chi connectivity index (χ1) is 7.22. The molecule has 3 heteroatoms. The Hall–Kier alpha value is -0.550. The first-order valence-corrected chi connectivity index (χ1v) is 5.97. The van der Waals surface area contributed by atoms with Crippen LogP contribution in [0.2, 0.25) is 0 Å². The maximum absolute atomic E-state index is 9.54. The Balaban J connectivity index is 2.33. The molecule has 0 aliphatic carbocycles. The molecule has 0 aromatic heterocycles. The lowest BCUT2D eigenvalue weighted by atomic mass is 10.2. The summed E-state index contributed by atoms with van der Waals surface area (Å²) < 4.78 is 6.59. The highest BCUT2D eigenvalue weighted by molar-refractivity contribution is 14.1. The normalized spacial score (nSPS) is 12.1. The van der Waals surface area contributed by atoms with Gasteiger partial charge in [0.15, 0.2) is 0 Å². The van der Waals surface area contributed by atoms with E-state index in [1.807, 2.05) is 24.3 Å². The average Bonchev–Trinajstić information content (AvgIpc) is 2.23. The maximum atomic E-state index is 9.54. The van der Waals surface area contributed by atoms with E-state index in [4.69, 9.17) is 4.74 Å². The Morgan fingerprint density at radius 3 is 3.00 bits per heavy atom. The minimum absolute atomic E-state index is 0.341. The van der Waals surface area contributed by atoms with Crippen LogP contribution < -0.4 is 4.74 Å². The second-order valence-corrected chi connectivity index (χ2v) is 4.53. The van der Waals surface area contributed by atoms with Crippen LogP contribution in [0, 0.1) is 3.57 Å². The fourth-order valence-electron chi connectivity index (χ4n) is 1.14. The summed E-state index contributed by atoms with van der Waals surface area (Å²) in [4.78, 5) is 0. The third-order valence-corrected chi connectivity index (χ3v) is 2.61. The van der Waals surface area contributed by atoms with Crippen LogP contribution in [-0.4, -0.2) is 17.8 Å². The Kier molecular flexibility index (Phi) is 5.71. The molecule has 0 radical (unpaired) electrons. The molecule has 0 spiro atoms. The predicted octanol–water partition coefficient (Wildman–Crippen LogP) is 3.00. The monoisotopic (exact) mass is 318 g/mol. The molecular formula is C12H15IO2. The van der Waals surface area contributed by atoms with Gasteiger partial charge in [0.05, 0.1) is 6.10 Å². The fourth-order valence-corrected chi connectivity index (χ4v) is 1.66. The SMILES string of the molecule is C=CCCC(O)COc1cccc(I)c1. The lowest BCUT2D eigenvalue weighted by Gasteiger charge is -2.11. The van der Waals surface area contributed by atoms with Crippen LogP contribution in [0.4, 0.5) is 0 Å². The van der Waals surface area contributed by atoms with Gasteiger partial charge in [0, 0.05) is 3.57 Å². The Morgan fingerprint density at radius 2 is 2.33 bits per heavy atom. The minimum atomic E-state index is -0.416. The quantitative estimate of drug-likeness (QED) is 0.645. The van der Waals surface area contributed by atoms with Crippen molar-refractivity contribution >= 4 is 22.6 Å². The summed E-state index contributed by atoms with van der Waals surface area (Å²) in [6, 6.07) is 7.78. The zero-order valence-electron chi connectivity index (χ0n) is 8.53. The molecule has 0 heterocycles. The van der Waals surface area contributed by atoms with Crippen LogP contribution in [-0.2, 0) is 0 Å². The van der Waals surface area contributed by atoms with E-state index in [0.717, 1.165) is 15.7 Å². The summed E-state index contributed by atoms with van der Waals surface area (Å²) in [6.45, 7) is 3.95. The van der Waals surface area contributed by atoms with Gasteiger partial charge in [-0.25, -0.2) is 0 Å². The Labute approximate surface area is 104 Å². The van der Waals surface area contributed by atoms with E-state index in [9.17, 15) is 5.11 Å². The van der Waals surface area contributed by atoms with Crippen molar-refractivity contribution in [1.29, 1.82) is 0 Å². The average molecular weight is 318 g/mol. The van der Waals surface area contributed by atoms with Crippen LogP contribution >= 0.6 is 22.6 Å². The number of allylic oxidation sites excluding steroid dienone is 1. The van der Waals surface area contributed by atoms with Crippen LogP contribution in [0.3, 0.4) is 0 Å². The first-order valence-electron chi connectivity index (χ1n) is 4.89. The van der Waals surface area contributed by atoms with E-state index in [1.54, 1.807) is 6.08 Å². The zero-order chi connectivity index (χ0) is 11.1. The molecule has 2 nitrogen and oxygen atoms in total. The van der Waals surface area contributed by atoms with Gasteiger partial charge in [-0.15, -0.1) is 6.58 Å². The third kappa shape index (κ3) is 5.18. The summed E-state index contributed by atoms with van der Waals surface area (Å²) >= 11 is 2.23. The number of hydrogen-bond donors (Lipinski definition) is 1. The molecule has 0 saturated carbocycles. The smallest absolute Gasteiger partial charge is 0.120 e. The van der Waals surface area contributed by atoms with Gasteiger partial charge in [-0.3, -0.25) is 0 Å². The summed E-state index contributed by atoms with van der Waals surface area (Å²) in [5.74, 6) is 0.805. The molecule has 0 saturated heterocycles. The number of rotatable bonds is 6. The Morgan fingerprint density at radius 1 is 1.53 bits per heavy atom. The fraction of sp³-hybridized carbons (Fsp3) is 0.333. The van der Waals surface area contributed by atoms with Gasteiger partial charge < -0.3 is 9.84 Å². The summed E-state index contributed by atoms with van der Waals surface area (Å²) in [5, 5.41) is 9.54. The highest BCUT2D eigenvalue weighted by atomic mass is 127. The van der Waals surface area contributed by atoms with Crippen molar-refractivity contribution in [3.05, 3.63) is 40.5 Å². The number of aliphatic hydroxyl groups is 1. The number of ether oxygens (including phenoxy) is 1. The van der Waals surface area contributed by atoms with Gasteiger partial charge >= 0.3 is 0 Å². The summed E-state index contributed by atoms with van der Waals surface area (Å²) in [5.41, 5.74) is 0. The van der Waals surface area contributed by atoms with Crippen molar-refractivity contribution in [1.82, 2.24) is 0 Å². The molecule has 82 valence electrons. The molecule has 1 atom stereocenters. The maximum Gasteiger partial charge on any atom is 0.120 e. The topological polar surface area (TPSA) is 29.5 Å². The van der Waals surface area contributed by atoms with Crippen molar-refractivity contribution in [2.24, 2.45) is 0 Å². The van der Waals surface area contributed by atoms with Crippen LogP contribution in [0.1, 0.15) is 12.8 Å². The molecule has 0 aliphatic heterocycles. The van der Waals surface area contributed by atoms with Gasteiger partial charge in [-0.2, -0.15) is 0 Å². The molecular weight excluding hydrogens is 303 g/mol. The van der Waals surface area contributed by atoms with E-state index in [-0.39, 0.29) is 0 Å². The predicted molar refractivity (Wildman–Crippen MR) is 70.1 cm³/mol. The van der Waals surface area contributed by atoms with E-state index in [0.29, 0.717) is 13.0 Å². The van der Waals surface area contributed by atoms with Crippen LogP contribution in [0.15, 0.2) is 36.9 Å². The van der Waals surface area contributed by atoms with E-state index in [1.165, 1.54) is 0 Å². The number of benzene rings is 1. The third-order valence-electron chi connectivity index (χ3n) is 1.94. The molecule has 1 unspecified atom stereocenters. The van der Waals surface area contributed by atoms with Crippen LogP contribution in [0.25, 0.3) is 0 Å². The lowest BCUT2D eigenvalue weighted by molar-refractivity contribution is 0.101. The van der Waals surface area contributed by atoms with Gasteiger partial charge in [0.25, 0.3) is 0 Å². The van der Waals surface area contributed by atoms with Gasteiger partial charge in [0.1, 0.15) is 12.4 Å². The first kappa shape index (κ1) is 12.5. The van der Waals surface area contributed by atoms with Gasteiger partial charge in [-0.05, 0) is 53.6 Å². The molecule has 0 fully saturated rings. The van der Waals surface area contributed by atoms with Gasteiger partial charge in [-0.1, -0.05) is 12.1 Å². The van der Waals surface area contributed by atoms with Gasteiger partial charge in [0.2, 0.25) is 0 Å². The molecule has 0 bridgehead atoms. The zero-order valence-corrected chi connectivity index (χ0v) is 10.7. The molecule has 15 heavy (non-hydrogen) atoms. The highest BCUT2D eigenvalue weighted by Gasteiger charge is 2.03. The molecule has 1 N–H and O–H groups in total. The standard InChI is InChI=1S/C12H15IO2/c1-2-3-6-11(14)9-15-12-7-4-5-10(13)8-12/h2,4-5,7-8,11,14H,1,3,6,9H2. The highest BCUT2D eigenvalue weighted by Crippen LogP contribution is 2.15.